The third kappa shape index (κ3) is 5.32. The number of hydrogen-bond donors (Lipinski definition) is 2. The van der Waals surface area contributed by atoms with E-state index >= 15 is 0 Å². The van der Waals surface area contributed by atoms with Gasteiger partial charge < -0.3 is 11.1 Å². The van der Waals surface area contributed by atoms with E-state index in [1.54, 1.807) is 11.3 Å². The molecule has 7 heteroatoms. The fourth-order valence-corrected chi connectivity index (χ4v) is 4.60. The lowest BCUT2D eigenvalue weighted by Gasteiger charge is -2.22. The lowest BCUT2D eigenvalue weighted by molar-refractivity contribution is -0.126. The molecule has 2 aliphatic carbocycles. The van der Waals surface area contributed by atoms with Crippen molar-refractivity contribution in [3.8, 4) is 0 Å². The van der Waals surface area contributed by atoms with Gasteiger partial charge in [-0.3, -0.25) is 4.79 Å². The van der Waals surface area contributed by atoms with Crippen molar-refractivity contribution in [2.75, 3.05) is 6.54 Å². The topological polar surface area (TPSA) is 68.0 Å². The molecule has 0 radical (unpaired) electrons. The van der Waals surface area contributed by atoms with Crippen LogP contribution in [0.4, 0.5) is 0 Å². The first-order valence-corrected chi connectivity index (χ1v) is 9.57. The molecule has 4 nitrogen and oxygen atoms in total. The molecular weight excluding hydrogens is 365 g/mol. The van der Waals surface area contributed by atoms with Crippen LogP contribution in [-0.2, 0) is 11.2 Å². The number of nitrogens with two attached hydrogens (primary N) is 1. The maximum absolute atomic E-state index is 12.2. The van der Waals surface area contributed by atoms with Crippen molar-refractivity contribution in [3.05, 3.63) is 16.1 Å². The Bertz CT molecular complexity index is 512. The summed E-state index contributed by atoms with van der Waals surface area (Å²) in [6.07, 6.45) is 11.2. The Morgan fingerprint density at radius 2 is 1.88 bits per heavy atom. The molecule has 0 atom stereocenters. The Kier molecular flexibility index (Phi) is 8.99. The van der Waals surface area contributed by atoms with Crippen LogP contribution in [0, 0.1) is 0 Å². The molecule has 138 valence electrons. The highest BCUT2D eigenvalue weighted by atomic mass is 35.5. The molecule has 2 saturated carbocycles. The van der Waals surface area contributed by atoms with Crippen LogP contribution in [0.3, 0.4) is 0 Å². The molecule has 2 fully saturated rings. The highest BCUT2D eigenvalue weighted by Gasteiger charge is 2.36. The van der Waals surface area contributed by atoms with Gasteiger partial charge in [-0.1, -0.05) is 32.1 Å². The first-order valence-electron chi connectivity index (χ1n) is 8.69. The summed E-state index contributed by atoms with van der Waals surface area (Å²) in [5.41, 5.74) is 6.82. The largest absolute Gasteiger partial charge is 0.354 e. The number of carbonyl (C=O) groups is 1. The minimum atomic E-state index is -0.615. The normalized spacial score (nSPS) is 20.0. The van der Waals surface area contributed by atoms with Crippen molar-refractivity contribution >= 4 is 42.1 Å². The number of amides is 1. The van der Waals surface area contributed by atoms with Crippen LogP contribution in [0.15, 0.2) is 5.38 Å². The SMILES string of the molecule is Cl.Cl.NC1(C(=O)NCCc2nc(C3CCCCC3)cs2)CCCC1. The van der Waals surface area contributed by atoms with E-state index in [0.29, 0.717) is 12.5 Å². The zero-order chi connectivity index (χ0) is 15.4. The van der Waals surface area contributed by atoms with Crippen LogP contribution < -0.4 is 11.1 Å². The highest BCUT2D eigenvalue weighted by Crippen LogP contribution is 2.33. The predicted octanol–water partition coefficient (Wildman–Crippen LogP) is 3.96. The van der Waals surface area contributed by atoms with Gasteiger partial charge in [0.25, 0.3) is 0 Å². The number of nitrogens with zero attached hydrogens (tertiary/aromatic N) is 1. The molecule has 0 bridgehead atoms. The number of aromatic nitrogens is 1. The average Bonchev–Trinajstić information content (AvgIpc) is 3.18. The molecule has 2 aliphatic rings. The van der Waals surface area contributed by atoms with Crippen LogP contribution in [0.25, 0.3) is 0 Å². The zero-order valence-electron chi connectivity index (χ0n) is 14.1. The quantitative estimate of drug-likeness (QED) is 0.794. The Morgan fingerprint density at radius 3 is 2.54 bits per heavy atom. The van der Waals surface area contributed by atoms with E-state index in [9.17, 15) is 4.79 Å². The van der Waals surface area contributed by atoms with E-state index in [4.69, 9.17) is 10.7 Å². The van der Waals surface area contributed by atoms with E-state index < -0.39 is 5.54 Å². The summed E-state index contributed by atoms with van der Waals surface area (Å²) in [4.78, 5) is 16.9. The Morgan fingerprint density at radius 1 is 1.21 bits per heavy atom. The predicted molar refractivity (Wildman–Crippen MR) is 105 cm³/mol. The Balaban J connectivity index is 0.00000144. The molecule has 1 aromatic heterocycles. The summed E-state index contributed by atoms with van der Waals surface area (Å²) in [6.45, 7) is 0.648. The monoisotopic (exact) mass is 393 g/mol. The van der Waals surface area contributed by atoms with Crippen LogP contribution in [0.2, 0.25) is 0 Å². The van der Waals surface area contributed by atoms with Gasteiger partial charge in [0.1, 0.15) is 0 Å². The molecule has 0 saturated heterocycles. The molecular formula is C17H29Cl2N3OS. The fourth-order valence-electron chi connectivity index (χ4n) is 3.72. The summed E-state index contributed by atoms with van der Waals surface area (Å²) >= 11 is 1.73. The minimum absolute atomic E-state index is 0. The van der Waals surface area contributed by atoms with Crippen molar-refractivity contribution < 1.29 is 4.79 Å². The van der Waals surface area contributed by atoms with Crippen molar-refractivity contribution in [1.82, 2.24) is 10.3 Å². The van der Waals surface area contributed by atoms with E-state index in [-0.39, 0.29) is 30.7 Å². The number of hydrogen-bond acceptors (Lipinski definition) is 4. The Hall–Kier alpha value is -0.360. The smallest absolute Gasteiger partial charge is 0.240 e. The molecule has 0 spiro atoms. The second-order valence-corrected chi connectivity index (χ2v) is 7.81. The summed E-state index contributed by atoms with van der Waals surface area (Å²) in [7, 11) is 0. The molecule has 3 rings (SSSR count). The van der Waals surface area contributed by atoms with E-state index in [0.717, 1.165) is 37.1 Å². The number of halogens is 2. The molecule has 1 aromatic rings. The summed E-state index contributed by atoms with van der Waals surface area (Å²) in [6, 6.07) is 0. The molecule has 0 aliphatic heterocycles. The molecule has 24 heavy (non-hydrogen) atoms. The Labute approximate surface area is 161 Å². The van der Waals surface area contributed by atoms with E-state index in [1.165, 1.54) is 37.8 Å². The van der Waals surface area contributed by atoms with Crippen LogP contribution >= 0.6 is 36.2 Å². The second-order valence-electron chi connectivity index (χ2n) is 6.87. The summed E-state index contributed by atoms with van der Waals surface area (Å²) in [5, 5.41) is 6.36. The summed E-state index contributed by atoms with van der Waals surface area (Å²) < 4.78 is 0. The summed E-state index contributed by atoms with van der Waals surface area (Å²) in [5.74, 6) is 0.688. The van der Waals surface area contributed by atoms with Crippen LogP contribution in [0.1, 0.15) is 74.4 Å². The number of nitrogens with one attached hydrogen (secondary N) is 1. The third-order valence-electron chi connectivity index (χ3n) is 5.17. The van der Waals surface area contributed by atoms with Crippen molar-refractivity contribution in [1.29, 1.82) is 0 Å². The van der Waals surface area contributed by atoms with Crippen molar-refractivity contribution in [2.24, 2.45) is 5.73 Å². The molecule has 3 N–H and O–H groups in total. The first kappa shape index (κ1) is 21.7. The maximum atomic E-state index is 12.2. The van der Waals surface area contributed by atoms with Gasteiger partial charge in [0.05, 0.1) is 16.2 Å². The van der Waals surface area contributed by atoms with Gasteiger partial charge in [-0.2, -0.15) is 0 Å². The first-order chi connectivity index (χ1) is 10.7. The van der Waals surface area contributed by atoms with Gasteiger partial charge in [-0.15, -0.1) is 36.2 Å². The van der Waals surface area contributed by atoms with Gasteiger partial charge in [-0.25, -0.2) is 4.98 Å². The van der Waals surface area contributed by atoms with Gasteiger partial charge in [0, 0.05) is 24.3 Å². The van der Waals surface area contributed by atoms with E-state index in [1.807, 2.05) is 0 Å². The van der Waals surface area contributed by atoms with Gasteiger partial charge in [0.2, 0.25) is 5.91 Å². The van der Waals surface area contributed by atoms with Crippen LogP contribution in [-0.4, -0.2) is 23.0 Å². The van der Waals surface area contributed by atoms with Crippen LogP contribution in [0.5, 0.6) is 0 Å². The molecule has 0 aromatic carbocycles. The minimum Gasteiger partial charge on any atom is -0.354 e. The molecule has 0 unspecified atom stereocenters. The molecule has 1 amide bonds. The van der Waals surface area contributed by atoms with Gasteiger partial charge >= 0.3 is 0 Å². The van der Waals surface area contributed by atoms with Crippen molar-refractivity contribution in [3.63, 3.8) is 0 Å². The fraction of sp³-hybridized carbons (Fsp3) is 0.765. The second kappa shape index (κ2) is 9.95. The van der Waals surface area contributed by atoms with Gasteiger partial charge in [-0.05, 0) is 25.7 Å². The standard InChI is InChI=1S/C17H27N3OS.2ClH/c18-17(9-4-5-10-17)16(21)19-11-8-15-20-14(12-22-15)13-6-2-1-3-7-13;;/h12-13H,1-11,18H2,(H,19,21);2*1H. The molecule has 1 heterocycles. The highest BCUT2D eigenvalue weighted by molar-refractivity contribution is 7.09. The number of carbonyl (C=O) groups excluding carboxylic acids is 1. The maximum Gasteiger partial charge on any atom is 0.240 e. The van der Waals surface area contributed by atoms with Crippen molar-refractivity contribution in [2.45, 2.75) is 75.7 Å². The average molecular weight is 394 g/mol. The van der Waals surface area contributed by atoms with Gasteiger partial charge in [0.15, 0.2) is 0 Å². The zero-order valence-corrected chi connectivity index (χ0v) is 16.5. The lowest BCUT2D eigenvalue weighted by atomic mass is 9.87. The number of rotatable bonds is 5. The number of thiazole rings is 1. The lowest BCUT2D eigenvalue weighted by Crippen LogP contribution is -2.52. The third-order valence-corrected chi connectivity index (χ3v) is 6.09. The van der Waals surface area contributed by atoms with E-state index in [2.05, 4.69) is 10.7 Å².